The highest BCUT2D eigenvalue weighted by molar-refractivity contribution is 14.1. The molecule has 1 atom stereocenters. The number of aromatic nitrogens is 2. The molecule has 7 nitrogen and oxygen atoms in total. The third-order valence-corrected chi connectivity index (χ3v) is 4.29. The van der Waals surface area contributed by atoms with E-state index in [1.54, 1.807) is 0 Å². The number of aromatic amines is 1. The largest absolute Gasteiger partial charge is 0.355 e. The number of anilines is 1. The lowest BCUT2D eigenvalue weighted by Crippen LogP contribution is -2.45. The summed E-state index contributed by atoms with van der Waals surface area (Å²) in [4.78, 5) is 32.4. The van der Waals surface area contributed by atoms with Crippen molar-refractivity contribution in [1.29, 1.82) is 0 Å². The van der Waals surface area contributed by atoms with E-state index in [1.165, 1.54) is 6.33 Å². The van der Waals surface area contributed by atoms with E-state index in [-0.39, 0.29) is 17.4 Å². The highest BCUT2D eigenvalue weighted by atomic mass is 127. The van der Waals surface area contributed by atoms with Crippen LogP contribution in [0, 0.1) is 9.49 Å². The van der Waals surface area contributed by atoms with Gasteiger partial charge in [0.15, 0.2) is 0 Å². The number of piperidine rings is 1. The molecule has 20 heavy (non-hydrogen) atoms. The second-order valence-electron chi connectivity index (χ2n) is 4.73. The monoisotopic (exact) mass is 391 g/mol. The van der Waals surface area contributed by atoms with Gasteiger partial charge >= 0.3 is 0 Å². The van der Waals surface area contributed by atoms with E-state index in [2.05, 4.69) is 15.3 Å². The van der Waals surface area contributed by atoms with Crippen LogP contribution in [-0.4, -0.2) is 42.1 Å². The van der Waals surface area contributed by atoms with Gasteiger partial charge in [0.25, 0.3) is 5.56 Å². The fraction of sp³-hybridized carbons (Fsp3) is 0.583. The molecule has 0 aromatic carbocycles. The Morgan fingerprint density at radius 1 is 1.65 bits per heavy atom. The number of H-pyrrole nitrogens is 1. The Kier molecular flexibility index (Phi) is 5.35. The number of nitrogens with zero attached hydrogens (tertiary/aromatic N) is 2. The summed E-state index contributed by atoms with van der Waals surface area (Å²) in [6, 6.07) is 0. The summed E-state index contributed by atoms with van der Waals surface area (Å²) in [6.45, 7) is 2.34. The first-order chi connectivity index (χ1) is 9.63. The Morgan fingerprint density at radius 2 is 2.45 bits per heavy atom. The first-order valence-corrected chi connectivity index (χ1v) is 7.67. The smallest absolute Gasteiger partial charge is 0.266 e. The quantitative estimate of drug-likeness (QED) is 0.610. The number of nitrogens with two attached hydrogens (primary N) is 1. The number of hydrogen-bond donors (Lipinski definition) is 3. The molecule has 1 fully saturated rings. The average molecular weight is 391 g/mol. The van der Waals surface area contributed by atoms with Crippen molar-refractivity contribution in [3.05, 3.63) is 20.3 Å². The van der Waals surface area contributed by atoms with Gasteiger partial charge < -0.3 is 20.9 Å². The van der Waals surface area contributed by atoms with Gasteiger partial charge in [0.05, 0.1) is 12.2 Å². The minimum absolute atomic E-state index is 0.0278. The SMILES string of the molecule is NCCNC(=O)C1CCCN(c2nc[nH]c(=O)c2I)C1. The van der Waals surface area contributed by atoms with Gasteiger partial charge in [-0.1, -0.05) is 0 Å². The van der Waals surface area contributed by atoms with E-state index >= 15 is 0 Å². The molecule has 1 unspecified atom stereocenters. The van der Waals surface area contributed by atoms with Gasteiger partial charge in [-0.25, -0.2) is 4.98 Å². The molecule has 1 saturated heterocycles. The van der Waals surface area contributed by atoms with Crippen molar-refractivity contribution in [2.75, 3.05) is 31.1 Å². The first kappa shape index (κ1) is 15.2. The topological polar surface area (TPSA) is 104 Å². The lowest BCUT2D eigenvalue weighted by Gasteiger charge is -2.33. The van der Waals surface area contributed by atoms with Gasteiger partial charge in [0.1, 0.15) is 9.39 Å². The van der Waals surface area contributed by atoms with Gasteiger partial charge in [-0.05, 0) is 35.4 Å². The van der Waals surface area contributed by atoms with Crippen LogP contribution in [0.1, 0.15) is 12.8 Å². The molecule has 1 aromatic heterocycles. The molecule has 110 valence electrons. The maximum absolute atomic E-state index is 12.0. The van der Waals surface area contributed by atoms with Crippen molar-refractivity contribution in [2.45, 2.75) is 12.8 Å². The Hall–Kier alpha value is -1.16. The van der Waals surface area contributed by atoms with Gasteiger partial charge in [-0.2, -0.15) is 0 Å². The zero-order valence-electron chi connectivity index (χ0n) is 11.1. The Bertz CT molecular complexity index is 533. The summed E-state index contributed by atoms with van der Waals surface area (Å²) in [6.07, 6.45) is 3.16. The van der Waals surface area contributed by atoms with Crippen molar-refractivity contribution in [1.82, 2.24) is 15.3 Å². The number of rotatable bonds is 4. The van der Waals surface area contributed by atoms with Crippen LogP contribution in [0.3, 0.4) is 0 Å². The molecule has 0 spiro atoms. The summed E-state index contributed by atoms with van der Waals surface area (Å²) < 4.78 is 0.563. The second-order valence-corrected chi connectivity index (χ2v) is 5.81. The molecular weight excluding hydrogens is 373 g/mol. The van der Waals surface area contributed by atoms with E-state index in [0.717, 1.165) is 19.4 Å². The normalized spacial score (nSPS) is 18.9. The van der Waals surface area contributed by atoms with Crippen LogP contribution in [0.5, 0.6) is 0 Å². The molecule has 2 rings (SSSR count). The average Bonchev–Trinajstić information content (AvgIpc) is 2.47. The van der Waals surface area contributed by atoms with E-state index in [4.69, 9.17) is 5.73 Å². The van der Waals surface area contributed by atoms with Crippen LogP contribution in [0.25, 0.3) is 0 Å². The molecule has 4 N–H and O–H groups in total. The Balaban J connectivity index is 2.08. The third kappa shape index (κ3) is 3.48. The first-order valence-electron chi connectivity index (χ1n) is 6.59. The van der Waals surface area contributed by atoms with Gasteiger partial charge in [-0.15, -0.1) is 0 Å². The summed E-state index contributed by atoms with van der Waals surface area (Å²) in [7, 11) is 0. The third-order valence-electron chi connectivity index (χ3n) is 3.31. The lowest BCUT2D eigenvalue weighted by atomic mass is 9.97. The van der Waals surface area contributed by atoms with E-state index in [0.29, 0.717) is 29.0 Å². The van der Waals surface area contributed by atoms with Crippen molar-refractivity contribution >= 4 is 34.3 Å². The summed E-state index contributed by atoms with van der Waals surface area (Å²) in [5, 5.41) is 2.82. The maximum atomic E-state index is 12.0. The molecule has 8 heteroatoms. The van der Waals surface area contributed by atoms with Gasteiger partial charge in [0.2, 0.25) is 5.91 Å². The van der Waals surface area contributed by atoms with E-state index in [9.17, 15) is 9.59 Å². The minimum Gasteiger partial charge on any atom is -0.355 e. The molecule has 1 aliphatic rings. The van der Waals surface area contributed by atoms with Crippen LogP contribution >= 0.6 is 22.6 Å². The van der Waals surface area contributed by atoms with E-state index < -0.39 is 0 Å². The number of halogens is 1. The number of hydrogen-bond acceptors (Lipinski definition) is 5. The Labute approximate surface area is 130 Å². The van der Waals surface area contributed by atoms with Gasteiger partial charge in [-0.3, -0.25) is 9.59 Å². The molecule has 1 amide bonds. The highest BCUT2D eigenvalue weighted by Crippen LogP contribution is 2.23. The molecular formula is C12H18IN5O2. The lowest BCUT2D eigenvalue weighted by molar-refractivity contribution is -0.125. The van der Waals surface area contributed by atoms with Crippen molar-refractivity contribution in [2.24, 2.45) is 11.7 Å². The molecule has 0 aliphatic carbocycles. The minimum atomic E-state index is -0.148. The van der Waals surface area contributed by atoms with Crippen LogP contribution in [0.4, 0.5) is 5.82 Å². The number of nitrogens with one attached hydrogen (secondary N) is 2. The molecule has 0 saturated carbocycles. The fourth-order valence-electron chi connectivity index (χ4n) is 2.32. The predicted octanol–water partition coefficient (Wildman–Crippen LogP) is -0.334. The van der Waals surface area contributed by atoms with Crippen LogP contribution < -0.4 is 21.5 Å². The standard InChI is InChI=1S/C12H18IN5O2/c13-9-10(16-7-17-12(9)20)18-5-1-2-8(6-18)11(19)15-4-3-14/h7-8H,1-6,14H2,(H,15,19)(H,16,17,20). The number of amides is 1. The molecule has 0 bridgehead atoms. The second kappa shape index (κ2) is 7.02. The molecule has 1 aliphatic heterocycles. The zero-order chi connectivity index (χ0) is 14.5. The molecule has 2 heterocycles. The van der Waals surface area contributed by atoms with Crippen LogP contribution in [0.15, 0.2) is 11.1 Å². The van der Waals surface area contributed by atoms with Crippen molar-refractivity contribution in [3.63, 3.8) is 0 Å². The Morgan fingerprint density at radius 3 is 3.20 bits per heavy atom. The predicted molar refractivity (Wildman–Crippen MR) is 84.6 cm³/mol. The van der Waals surface area contributed by atoms with Crippen LogP contribution in [-0.2, 0) is 4.79 Å². The fourth-order valence-corrected chi connectivity index (χ4v) is 2.95. The highest BCUT2D eigenvalue weighted by Gasteiger charge is 2.27. The van der Waals surface area contributed by atoms with Gasteiger partial charge in [0, 0.05) is 26.2 Å². The number of carbonyl (C=O) groups is 1. The summed E-state index contributed by atoms with van der Waals surface area (Å²) >= 11 is 1.99. The van der Waals surface area contributed by atoms with Crippen molar-refractivity contribution in [3.8, 4) is 0 Å². The van der Waals surface area contributed by atoms with Crippen molar-refractivity contribution < 1.29 is 4.79 Å². The van der Waals surface area contributed by atoms with E-state index in [1.807, 2.05) is 27.5 Å². The molecule has 1 aromatic rings. The number of carbonyl (C=O) groups excluding carboxylic acids is 1. The molecule has 0 radical (unpaired) electrons. The maximum Gasteiger partial charge on any atom is 0.266 e. The van der Waals surface area contributed by atoms with Crippen LogP contribution in [0.2, 0.25) is 0 Å². The zero-order valence-corrected chi connectivity index (χ0v) is 13.2. The summed E-state index contributed by atoms with van der Waals surface area (Å²) in [5.41, 5.74) is 5.24. The summed E-state index contributed by atoms with van der Waals surface area (Å²) in [5.74, 6) is 0.609.